The monoisotopic (exact) mass is 364 g/mol. The molecule has 0 heterocycles. The molecule has 6 heteroatoms. The van der Waals surface area contributed by atoms with E-state index in [2.05, 4.69) is 5.32 Å². The Balaban J connectivity index is 3.32. The smallest absolute Gasteiger partial charge is 0.361 e. The summed E-state index contributed by atoms with van der Waals surface area (Å²) in [5, 5.41) is 10.6. The molecule has 0 amide bonds. The molecule has 1 aromatic carbocycles. The average molecular weight is 364 g/mol. The van der Waals surface area contributed by atoms with Crippen molar-refractivity contribution in [3.63, 3.8) is 0 Å². The molecule has 0 bridgehead atoms. The molecule has 0 saturated carbocycles. The first-order chi connectivity index (χ1) is 12.2. The van der Waals surface area contributed by atoms with Crippen LogP contribution in [0.1, 0.15) is 37.8 Å². The largest absolute Gasteiger partial charge is 0.418 e. The maximum atomic E-state index is 13.6. The zero-order valence-electron chi connectivity index (χ0n) is 15.1. The lowest BCUT2D eigenvalue weighted by Crippen LogP contribution is -2.22. The summed E-state index contributed by atoms with van der Waals surface area (Å²) < 4.78 is 40.8. The predicted octanol–water partition coefficient (Wildman–Crippen LogP) is 5.23. The van der Waals surface area contributed by atoms with Gasteiger partial charge in [0.05, 0.1) is 11.3 Å². The van der Waals surface area contributed by atoms with Crippen molar-refractivity contribution in [3.05, 3.63) is 70.6 Å². The summed E-state index contributed by atoms with van der Waals surface area (Å²) in [7, 11) is 0. The first-order valence-electron chi connectivity index (χ1n) is 8.22. The zero-order valence-corrected chi connectivity index (χ0v) is 15.1. The molecule has 0 aliphatic rings. The van der Waals surface area contributed by atoms with E-state index in [0.717, 1.165) is 11.6 Å². The van der Waals surface area contributed by atoms with E-state index < -0.39 is 11.7 Å². The van der Waals surface area contributed by atoms with E-state index in [0.29, 0.717) is 24.7 Å². The summed E-state index contributed by atoms with van der Waals surface area (Å²) in [6, 6.07) is 6.71. The lowest BCUT2D eigenvalue weighted by Gasteiger charge is -2.16. The summed E-state index contributed by atoms with van der Waals surface area (Å²) in [6.45, 7) is 5.20. The van der Waals surface area contributed by atoms with Gasteiger partial charge in [-0.25, -0.2) is 0 Å². The number of aldehydes is 1. The zero-order chi connectivity index (χ0) is 19.7. The van der Waals surface area contributed by atoms with Gasteiger partial charge in [0.1, 0.15) is 6.29 Å². The van der Waals surface area contributed by atoms with Crippen LogP contribution in [0.4, 0.5) is 13.2 Å². The summed E-state index contributed by atoms with van der Waals surface area (Å²) in [6.07, 6.45) is 0.467. The van der Waals surface area contributed by atoms with E-state index in [1.807, 2.05) is 13.8 Å². The SMILES string of the molecule is CCC/C=C(N/C=C(\C)C=O)\C(=C/C(=N)c1ccc(C)cc1)C(F)(F)F. The summed E-state index contributed by atoms with van der Waals surface area (Å²) in [5.74, 6) is 0. The minimum atomic E-state index is -4.65. The van der Waals surface area contributed by atoms with E-state index in [1.54, 1.807) is 24.3 Å². The number of carbonyl (C=O) groups excluding carboxylic acids is 1. The molecule has 0 aromatic heterocycles. The second-order valence-corrected chi connectivity index (χ2v) is 5.89. The van der Waals surface area contributed by atoms with Crippen LogP contribution in [-0.2, 0) is 4.79 Å². The molecule has 0 aliphatic heterocycles. The van der Waals surface area contributed by atoms with Crippen LogP contribution < -0.4 is 5.32 Å². The van der Waals surface area contributed by atoms with Gasteiger partial charge in [0, 0.05) is 17.5 Å². The van der Waals surface area contributed by atoms with Gasteiger partial charge in [0.2, 0.25) is 0 Å². The van der Waals surface area contributed by atoms with Gasteiger partial charge in [-0.2, -0.15) is 13.2 Å². The number of nitrogens with one attached hydrogen (secondary N) is 2. The van der Waals surface area contributed by atoms with Crippen molar-refractivity contribution in [3.8, 4) is 0 Å². The number of aryl methyl sites for hydroxylation is 1. The lowest BCUT2D eigenvalue weighted by molar-refractivity contribution is -0.104. The number of halogens is 3. The van der Waals surface area contributed by atoms with E-state index >= 15 is 0 Å². The molecule has 0 aliphatic carbocycles. The number of benzene rings is 1. The van der Waals surface area contributed by atoms with Crippen LogP contribution in [0.15, 0.2) is 59.5 Å². The molecule has 2 N–H and O–H groups in total. The Kier molecular flexibility index (Phi) is 8.03. The number of carbonyl (C=O) groups is 1. The Morgan fingerprint density at radius 3 is 2.35 bits per heavy atom. The minimum Gasteiger partial charge on any atom is -0.361 e. The number of rotatable bonds is 8. The summed E-state index contributed by atoms with van der Waals surface area (Å²) in [4.78, 5) is 10.7. The number of allylic oxidation sites excluding steroid dienone is 4. The summed E-state index contributed by atoms with van der Waals surface area (Å²) >= 11 is 0. The Bertz CT molecular complexity index is 726. The van der Waals surface area contributed by atoms with Crippen molar-refractivity contribution in [2.45, 2.75) is 39.8 Å². The topological polar surface area (TPSA) is 53.0 Å². The standard InChI is InChI=1S/C20H23F3N2O/c1-4-5-6-19(25-12-15(3)13-26)17(20(21,22)23)11-18(24)16-9-7-14(2)8-10-16/h6-13,24-25H,4-5H2,1-3H3/b15-12+,17-11+,19-6+,24-18?. The first-order valence-corrected chi connectivity index (χ1v) is 8.22. The van der Waals surface area contributed by atoms with Crippen LogP contribution in [0.3, 0.4) is 0 Å². The minimum absolute atomic E-state index is 0.169. The first kappa shape index (κ1) is 21.4. The fourth-order valence-corrected chi connectivity index (χ4v) is 2.03. The number of hydrogen-bond donors (Lipinski definition) is 2. The van der Waals surface area contributed by atoms with Crippen LogP contribution in [0.2, 0.25) is 0 Å². The highest BCUT2D eigenvalue weighted by Crippen LogP contribution is 2.31. The van der Waals surface area contributed by atoms with Gasteiger partial charge in [-0.1, -0.05) is 49.2 Å². The molecule has 0 atom stereocenters. The van der Waals surface area contributed by atoms with Crippen molar-refractivity contribution < 1.29 is 18.0 Å². The molecule has 140 valence electrons. The third kappa shape index (κ3) is 6.70. The van der Waals surface area contributed by atoms with Gasteiger partial charge in [-0.05, 0) is 31.9 Å². The number of unbranched alkanes of at least 4 members (excludes halogenated alkanes) is 1. The van der Waals surface area contributed by atoms with E-state index in [4.69, 9.17) is 5.41 Å². The van der Waals surface area contributed by atoms with Gasteiger partial charge in [-0.15, -0.1) is 0 Å². The third-order valence-electron chi connectivity index (χ3n) is 3.53. The summed E-state index contributed by atoms with van der Waals surface area (Å²) in [5.41, 5.74) is 0.261. The fraction of sp³-hybridized carbons (Fsp3) is 0.300. The van der Waals surface area contributed by atoms with Crippen molar-refractivity contribution in [1.29, 1.82) is 5.41 Å². The maximum Gasteiger partial charge on any atom is 0.418 e. The molecular weight excluding hydrogens is 341 g/mol. The van der Waals surface area contributed by atoms with Crippen LogP contribution >= 0.6 is 0 Å². The lowest BCUT2D eigenvalue weighted by atomic mass is 10.0. The molecule has 0 saturated heterocycles. The van der Waals surface area contributed by atoms with Gasteiger partial charge in [-0.3, -0.25) is 4.79 Å². The Morgan fingerprint density at radius 2 is 1.85 bits per heavy atom. The van der Waals surface area contributed by atoms with Crippen LogP contribution in [0.25, 0.3) is 0 Å². The Labute approximate surface area is 151 Å². The quantitative estimate of drug-likeness (QED) is 0.287. The molecule has 0 radical (unpaired) electrons. The van der Waals surface area contributed by atoms with Gasteiger partial charge >= 0.3 is 6.18 Å². The van der Waals surface area contributed by atoms with E-state index in [-0.39, 0.29) is 17.0 Å². The van der Waals surface area contributed by atoms with Crippen LogP contribution in [-0.4, -0.2) is 18.2 Å². The average Bonchev–Trinajstić information content (AvgIpc) is 2.59. The second-order valence-electron chi connectivity index (χ2n) is 5.89. The van der Waals surface area contributed by atoms with Crippen molar-refractivity contribution in [2.75, 3.05) is 0 Å². The highest BCUT2D eigenvalue weighted by molar-refractivity contribution is 6.07. The Morgan fingerprint density at radius 1 is 1.23 bits per heavy atom. The predicted molar refractivity (Wildman–Crippen MR) is 98.1 cm³/mol. The molecule has 1 rings (SSSR count). The number of hydrogen-bond acceptors (Lipinski definition) is 3. The van der Waals surface area contributed by atoms with Crippen LogP contribution in [0, 0.1) is 12.3 Å². The molecule has 0 fully saturated rings. The number of alkyl halides is 3. The second kappa shape index (κ2) is 9.75. The normalized spacial score (nSPS) is 13.5. The third-order valence-corrected chi connectivity index (χ3v) is 3.53. The van der Waals surface area contributed by atoms with E-state index in [1.165, 1.54) is 19.2 Å². The van der Waals surface area contributed by atoms with E-state index in [9.17, 15) is 18.0 Å². The molecular formula is C20H23F3N2O. The molecule has 1 aromatic rings. The molecule has 26 heavy (non-hydrogen) atoms. The molecule has 0 unspecified atom stereocenters. The van der Waals surface area contributed by atoms with Crippen molar-refractivity contribution in [1.82, 2.24) is 5.32 Å². The highest BCUT2D eigenvalue weighted by Gasteiger charge is 2.36. The van der Waals surface area contributed by atoms with Crippen molar-refractivity contribution >= 4 is 12.0 Å². The Hall–Kier alpha value is -2.63. The molecule has 0 spiro atoms. The van der Waals surface area contributed by atoms with Gasteiger partial charge in [0.15, 0.2) is 0 Å². The molecule has 3 nitrogen and oxygen atoms in total. The van der Waals surface area contributed by atoms with Gasteiger partial charge in [0.25, 0.3) is 0 Å². The van der Waals surface area contributed by atoms with Crippen LogP contribution in [0.5, 0.6) is 0 Å². The fourth-order valence-electron chi connectivity index (χ4n) is 2.03. The van der Waals surface area contributed by atoms with Crippen molar-refractivity contribution in [2.24, 2.45) is 0 Å². The maximum absolute atomic E-state index is 13.6. The highest BCUT2D eigenvalue weighted by atomic mass is 19.4. The van der Waals surface area contributed by atoms with Gasteiger partial charge < -0.3 is 10.7 Å².